The Morgan fingerprint density at radius 3 is 2.95 bits per heavy atom. The van der Waals surface area contributed by atoms with E-state index in [1.165, 1.54) is 0 Å². The van der Waals surface area contributed by atoms with E-state index in [1.54, 1.807) is 0 Å². The molecule has 1 N–H and O–H groups in total. The Balaban J connectivity index is 2.03. The van der Waals surface area contributed by atoms with E-state index < -0.39 is 0 Å². The van der Waals surface area contributed by atoms with Crippen LogP contribution in [0.25, 0.3) is 0 Å². The summed E-state index contributed by atoms with van der Waals surface area (Å²) in [5, 5.41) is 3.86. The second-order valence-electron chi connectivity index (χ2n) is 5.38. The molecule has 0 spiro atoms. The second kappa shape index (κ2) is 6.42. The lowest BCUT2D eigenvalue weighted by Gasteiger charge is -2.18. The van der Waals surface area contributed by atoms with Gasteiger partial charge in [0.15, 0.2) is 0 Å². The third kappa shape index (κ3) is 3.72. The van der Waals surface area contributed by atoms with Crippen molar-refractivity contribution < 1.29 is 9.53 Å². The molecule has 3 nitrogen and oxygen atoms in total. The predicted octanol–water partition coefficient (Wildman–Crippen LogP) is 3.16. The maximum Gasteiger partial charge on any atom is 0.251 e. The molecule has 0 saturated heterocycles. The second-order valence-corrected chi connectivity index (χ2v) is 6.02. The van der Waals surface area contributed by atoms with Crippen LogP contribution in [-0.4, -0.2) is 23.9 Å². The average Bonchev–Trinajstić information content (AvgIpc) is 2.84. The zero-order valence-electron chi connectivity index (χ0n) is 11.4. The third-order valence-corrected chi connectivity index (χ3v) is 4.01. The molecule has 0 fully saturated rings. The molecule has 0 bridgehead atoms. The summed E-state index contributed by atoms with van der Waals surface area (Å²) >= 11 is 3.46. The highest BCUT2D eigenvalue weighted by Crippen LogP contribution is 2.25. The summed E-state index contributed by atoms with van der Waals surface area (Å²) in [6, 6.07) is 5.85. The van der Waals surface area contributed by atoms with E-state index in [4.69, 9.17) is 4.74 Å². The van der Waals surface area contributed by atoms with Crippen molar-refractivity contribution in [1.82, 2.24) is 5.32 Å². The lowest BCUT2D eigenvalue weighted by atomic mass is 10.0. The summed E-state index contributed by atoms with van der Waals surface area (Å²) in [7, 11) is 0. The monoisotopic (exact) mass is 325 g/mol. The molecule has 0 radical (unpaired) electrons. The maximum absolute atomic E-state index is 12.2. The van der Waals surface area contributed by atoms with Crippen molar-refractivity contribution in [1.29, 1.82) is 0 Å². The number of carbonyl (C=O) groups is 1. The molecule has 2 rings (SSSR count). The summed E-state index contributed by atoms with van der Waals surface area (Å²) in [5.41, 5.74) is 1.85. The van der Waals surface area contributed by atoms with E-state index in [2.05, 4.69) is 35.1 Å². The minimum absolute atomic E-state index is 0.000185. The van der Waals surface area contributed by atoms with Gasteiger partial charge in [-0.1, -0.05) is 29.8 Å². The molecule has 0 aliphatic carbocycles. The molecule has 1 atom stereocenters. The summed E-state index contributed by atoms with van der Waals surface area (Å²) in [5.74, 6) is 1.48. The van der Waals surface area contributed by atoms with Gasteiger partial charge in [0.25, 0.3) is 5.91 Å². The number of benzene rings is 1. The molecule has 19 heavy (non-hydrogen) atoms. The first-order chi connectivity index (χ1) is 9.10. The van der Waals surface area contributed by atoms with Gasteiger partial charge in [-0.15, -0.1) is 0 Å². The van der Waals surface area contributed by atoms with E-state index in [0.29, 0.717) is 5.92 Å². The number of amides is 1. The number of carbonyl (C=O) groups excluding carboxylic acids is 1. The van der Waals surface area contributed by atoms with Gasteiger partial charge in [0.2, 0.25) is 0 Å². The molecule has 0 saturated carbocycles. The topological polar surface area (TPSA) is 38.3 Å². The van der Waals surface area contributed by atoms with Gasteiger partial charge in [0, 0.05) is 23.4 Å². The van der Waals surface area contributed by atoms with E-state index in [1.807, 2.05) is 18.2 Å². The molecule has 104 valence electrons. The van der Waals surface area contributed by atoms with Gasteiger partial charge in [-0.05, 0) is 36.1 Å². The van der Waals surface area contributed by atoms with E-state index in [-0.39, 0.29) is 11.9 Å². The summed E-state index contributed by atoms with van der Waals surface area (Å²) in [6.45, 7) is 5.04. The van der Waals surface area contributed by atoms with Crippen LogP contribution in [0.1, 0.15) is 36.2 Å². The number of fused-ring (bicyclic) bond motifs is 1. The van der Waals surface area contributed by atoms with Gasteiger partial charge in [0.05, 0.1) is 6.61 Å². The fourth-order valence-corrected chi connectivity index (χ4v) is 2.75. The van der Waals surface area contributed by atoms with Crippen LogP contribution in [0.5, 0.6) is 5.75 Å². The van der Waals surface area contributed by atoms with E-state index in [9.17, 15) is 4.79 Å². The lowest BCUT2D eigenvalue weighted by Crippen LogP contribution is -2.37. The maximum atomic E-state index is 12.2. The molecule has 4 heteroatoms. The molecule has 1 aliphatic heterocycles. The Hall–Kier alpha value is -1.03. The number of alkyl halides is 1. The highest BCUT2D eigenvalue weighted by molar-refractivity contribution is 9.09. The fraction of sp³-hybridized carbons (Fsp3) is 0.533. The largest absolute Gasteiger partial charge is 0.493 e. The van der Waals surface area contributed by atoms with Gasteiger partial charge in [-0.3, -0.25) is 4.79 Å². The van der Waals surface area contributed by atoms with E-state index in [0.717, 1.165) is 41.7 Å². The van der Waals surface area contributed by atoms with Crippen LogP contribution in [0, 0.1) is 5.92 Å². The van der Waals surface area contributed by atoms with Gasteiger partial charge in [0.1, 0.15) is 5.75 Å². The molecule has 1 aliphatic rings. The van der Waals surface area contributed by atoms with Crippen molar-refractivity contribution in [3.05, 3.63) is 29.3 Å². The van der Waals surface area contributed by atoms with Crippen molar-refractivity contribution in [2.45, 2.75) is 32.7 Å². The van der Waals surface area contributed by atoms with Gasteiger partial charge in [-0.2, -0.15) is 0 Å². The summed E-state index contributed by atoms with van der Waals surface area (Å²) in [4.78, 5) is 12.2. The van der Waals surface area contributed by atoms with Crippen molar-refractivity contribution in [3.8, 4) is 5.75 Å². The number of ether oxygens (including phenoxy) is 1. The van der Waals surface area contributed by atoms with Crippen LogP contribution in [-0.2, 0) is 6.42 Å². The minimum Gasteiger partial charge on any atom is -0.493 e. The van der Waals surface area contributed by atoms with Gasteiger partial charge < -0.3 is 10.1 Å². The van der Waals surface area contributed by atoms with Crippen LogP contribution in [0.15, 0.2) is 18.2 Å². The zero-order valence-corrected chi connectivity index (χ0v) is 13.0. The Labute approximate surface area is 122 Å². The van der Waals surface area contributed by atoms with Crippen LogP contribution in [0.4, 0.5) is 0 Å². The fourth-order valence-electron chi connectivity index (χ4n) is 2.33. The first kappa shape index (κ1) is 14.4. The lowest BCUT2D eigenvalue weighted by molar-refractivity contribution is 0.0937. The number of hydrogen-bond acceptors (Lipinski definition) is 2. The number of hydrogen-bond donors (Lipinski definition) is 1. The van der Waals surface area contributed by atoms with Gasteiger partial charge >= 0.3 is 0 Å². The number of nitrogens with one attached hydrogen (secondary N) is 1. The van der Waals surface area contributed by atoms with Crippen molar-refractivity contribution in [2.75, 3.05) is 11.9 Å². The first-order valence-electron chi connectivity index (χ1n) is 6.72. The molecule has 0 aromatic heterocycles. The third-order valence-electron chi connectivity index (χ3n) is 3.23. The van der Waals surface area contributed by atoms with Crippen LogP contribution >= 0.6 is 15.9 Å². The molecule has 1 aromatic carbocycles. The Morgan fingerprint density at radius 1 is 1.47 bits per heavy atom. The molecular weight excluding hydrogens is 306 g/mol. The first-order valence-corrected chi connectivity index (χ1v) is 7.85. The smallest absolute Gasteiger partial charge is 0.251 e. The Bertz CT molecular complexity index is 459. The molecule has 1 amide bonds. The highest BCUT2D eigenvalue weighted by atomic mass is 79.9. The number of halogens is 1. The van der Waals surface area contributed by atoms with Crippen molar-refractivity contribution in [3.63, 3.8) is 0 Å². The average molecular weight is 326 g/mol. The normalized spacial score (nSPS) is 14.9. The van der Waals surface area contributed by atoms with Crippen LogP contribution < -0.4 is 10.1 Å². The van der Waals surface area contributed by atoms with E-state index >= 15 is 0 Å². The quantitative estimate of drug-likeness (QED) is 0.844. The zero-order chi connectivity index (χ0) is 13.8. The summed E-state index contributed by atoms with van der Waals surface area (Å²) in [6.07, 6.45) is 1.87. The molecular formula is C15H20BrNO2. The summed E-state index contributed by atoms with van der Waals surface area (Å²) < 4.78 is 5.45. The molecule has 1 heterocycles. The Morgan fingerprint density at radius 2 is 2.26 bits per heavy atom. The molecule has 1 aromatic rings. The van der Waals surface area contributed by atoms with Gasteiger partial charge in [-0.25, -0.2) is 0 Å². The van der Waals surface area contributed by atoms with Crippen LogP contribution in [0.3, 0.4) is 0 Å². The standard InChI is InChI=1S/C15H20BrNO2/c1-10(2)7-13(9-16)17-15(18)12-3-4-14-11(8-12)5-6-19-14/h3-4,8,10,13H,5-7,9H2,1-2H3,(H,17,18). The number of rotatable bonds is 5. The molecule has 1 unspecified atom stereocenters. The highest BCUT2D eigenvalue weighted by Gasteiger charge is 2.17. The van der Waals surface area contributed by atoms with Crippen LogP contribution in [0.2, 0.25) is 0 Å². The minimum atomic E-state index is -0.000185. The SMILES string of the molecule is CC(C)CC(CBr)NC(=O)c1ccc2c(c1)CCO2. The predicted molar refractivity (Wildman–Crippen MR) is 80.1 cm³/mol. The van der Waals surface area contributed by atoms with Crippen molar-refractivity contribution in [2.24, 2.45) is 5.92 Å². The van der Waals surface area contributed by atoms with Crippen molar-refractivity contribution >= 4 is 21.8 Å². The Kier molecular flexibility index (Phi) is 4.86.